The van der Waals surface area contributed by atoms with Crippen LogP contribution in [0.4, 0.5) is 0 Å². The van der Waals surface area contributed by atoms with Gasteiger partial charge in [0, 0.05) is 19.8 Å². The van der Waals surface area contributed by atoms with E-state index in [-0.39, 0.29) is 0 Å². The standard InChI is InChI=1S/C12H27O3Si/c1-4-7-10-13-16(14-11-8-5-2)15-12-9-6-3/h4-12H2,1-3H3. The predicted molar refractivity (Wildman–Crippen MR) is 68.3 cm³/mol. The molecular formula is C12H27O3Si. The lowest BCUT2D eigenvalue weighted by Gasteiger charge is -2.14. The Morgan fingerprint density at radius 2 is 0.938 bits per heavy atom. The van der Waals surface area contributed by atoms with Crippen molar-refractivity contribution in [3.63, 3.8) is 0 Å². The molecule has 97 valence electrons. The Morgan fingerprint density at radius 3 is 1.19 bits per heavy atom. The van der Waals surface area contributed by atoms with Gasteiger partial charge >= 0.3 is 9.53 Å². The Hall–Kier alpha value is 0.0969. The number of hydrogen-bond donors (Lipinski definition) is 0. The molecule has 0 aromatic carbocycles. The third-order valence-corrected chi connectivity index (χ3v) is 3.47. The van der Waals surface area contributed by atoms with Crippen LogP contribution in [0.25, 0.3) is 0 Å². The first-order valence-corrected chi connectivity index (χ1v) is 7.82. The number of hydrogen-bond acceptors (Lipinski definition) is 3. The van der Waals surface area contributed by atoms with Crippen molar-refractivity contribution < 1.29 is 13.3 Å². The maximum atomic E-state index is 5.63. The van der Waals surface area contributed by atoms with Gasteiger partial charge in [-0.3, -0.25) is 0 Å². The molecule has 0 aliphatic rings. The molecule has 16 heavy (non-hydrogen) atoms. The highest BCUT2D eigenvalue weighted by molar-refractivity contribution is 6.36. The van der Waals surface area contributed by atoms with E-state index in [1.807, 2.05) is 0 Å². The average molecular weight is 247 g/mol. The summed E-state index contributed by atoms with van der Waals surface area (Å²) in [6, 6.07) is 0. The second-order valence-corrected chi connectivity index (χ2v) is 5.22. The Kier molecular flexibility index (Phi) is 13.2. The molecule has 0 fully saturated rings. The average Bonchev–Trinajstić information content (AvgIpc) is 2.29. The van der Waals surface area contributed by atoms with Crippen molar-refractivity contribution in [2.24, 2.45) is 0 Å². The smallest absolute Gasteiger partial charge is 0.371 e. The Bertz CT molecular complexity index is 110. The van der Waals surface area contributed by atoms with Crippen molar-refractivity contribution in [2.75, 3.05) is 19.8 Å². The Balaban J connectivity index is 3.58. The van der Waals surface area contributed by atoms with Crippen LogP contribution in [0.5, 0.6) is 0 Å². The summed E-state index contributed by atoms with van der Waals surface area (Å²) in [6.45, 7) is 8.78. The lowest BCUT2D eigenvalue weighted by atomic mass is 10.4. The molecule has 0 aliphatic heterocycles. The van der Waals surface area contributed by atoms with Gasteiger partial charge in [0.25, 0.3) is 0 Å². The fourth-order valence-electron chi connectivity index (χ4n) is 1.02. The van der Waals surface area contributed by atoms with Crippen molar-refractivity contribution in [3.8, 4) is 0 Å². The van der Waals surface area contributed by atoms with Crippen molar-refractivity contribution in [3.05, 3.63) is 0 Å². The topological polar surface area (TPSA) is 27.7 Å². The molecule has 1 radical (unpaired) electrons. The summed E-state index contributed by atoms with van der Waals surface area (Å²) in [4.78, 5) is 0. The van der Waals surface area contributed by atoms with Gasteiger partial charge in [-0.2, -0.15) is 0 Å². The minimum Gasteiger partial charge on any atom is -0.371 e. The normalized spacial score (nSPS) is 11.2. The van der Waals surface area contributed by atoms with Gasteiger partial charge < -0.3 is 13.3 Å². The van der Waals surface area contributed by atoms with Crippen LogP contribution in [0, 0.1) is 0 Å². The zero-order valence-corrected chi connectivity index (χ0v) is 12.1. The van der Waals surface area contributed by atoms with E-state index in [1.165, 1.54) is 0 Å². The summed E-state index contributed by atoms with van der Waals surface area (Å²) < 4.78 is 16.9. The molecule has 0 amide bonds. The third kappa shape index (κ3) is 10.6. The van der Waals surface area contributed by atoms with Crippen LogP contribution < -0.4 is 0 Å². The van der Waals surface area contributed by atoms with Crippen molar-refractivity contribution in [1.29, 1.82) is 0 Å². The molecule has 0 aromatic heterocycles. The molecule has 0 saturated heterocycles. The monoisotopic (exact) mass is 247 g/mol. The van der Waals surface area contributed by atoms with Gasteiger partial charge in [-0.05, 0) is 19.3 Å². The first kappa shape index (κ1) is 16.1. The van der Waals surface area contributed by atoms with Crippen molar-refractivity contribution in [1.82, 2.24) is 0 Å². The van der Waals surface area contributed by atoms with Gasteiger partial charge in [0.2, 0.25) is 0 Å². The summed E-state index contributed by atoms with van der Waals surface area (Å²) in [5, 5.41) is 0. The van der Waals surface area contributed by atoms with Gasteiger partial charge in [-0.25, -0.2) is 0 Å². The fourth-order valence-corrected chi connectivity index (χ4v) is 2.21. The summed E-state index contributed by atoms with van der Waals surface area (Å²) in [7, 11) is -1.46. The molecule has 0 N–H and O–H groups in total. The molecule has 0 aromatic rings. The minimum atomic E-state index is -1.46. The third-order valence-electron chi connectivity index (χ3n) is 2.15. The van der Waals surface area contributed by atoms with E-state index in [2.05, 4.69) is 20.8 Å². The van der Waals surface area contributed by atoms with E-state index in [4.69, 9.17) is 13.3 Å². The van der Waals surface area contributed by atoms with Crippen molar-refractivity contribution in [2.45, 2.75) is 59.3 Å². The Labute approximate surface area is 102 Å². The zero-order valence-electron chi connectivity index (χ0n) is 11.1. The quantitative estimate of drug-likeness (QED) is 0.391. The largest absolute Gasteiger partial charge is 0.577 e. The fraction of sp³-hybridized carbons (Fsp3) is 1.00. The highest BCUT2D eigenvalue weighted by Crippen LogP contribution is 2.00. The lowest BCUT2D eigenvalue weighted by molar-refractivity contribution is 0.0899. The van der Waals surface area contributed by atoms with Crippen LogP contribution in [-0.4, -0.2) is 29.3 Å². The molecule has 4 heteroatoms. The molecule has 0 spiro atoms. The van der Waals surface area contributed by atoms with E-state index in [0.717, 1.165) is 58.3 Å². The molecule has 0 atom stereocenters. The molecule has 0 unspecified atom stereocenters. The van der Waals surface area contributed by atoms with E-state index < -0.39 is 9.53 Å². The van der Waals surface area contributed by atoms with Gasteiger partial charge in [0.15, 0.2) is 0 Å². The van der Waals surface area contributed by atoms with Crippen LogP contribution in [0.3, 0.4) is 0 Å². The Morgan fingerprint density at radius 1 is 0.625 bits per heavy atom. The SMILES string of the molecule is CCCCO[Si](OCCCC)OCCCC. The second-order valence-electron chi connectivity index (χ2n) is 3.86. The number of rotatable bonds is 12. The maximum absolute atomic E-state index is 5.63. The van der Waals surface area contributed by atoms with Crippen LogP contribution in [0.1, 0.15) is 59.3 Å². The highest BCUT2D eigenvalue weighted by atomic mass is 28.3. The molecule has 0 aliphatic carbocycles. The molecule has 0 heterocycles. The van der Waals surface area contributed by atoms with Crippen molar-refractivity contribution >= 4 is 9.53 Å². The van der Waals surface area contributed by atoms with Crippen LogP contribution in [0.15, 0.2) is 0 Å². The first-order chi connectivity index (χ1) is 7.85. The van der Waals surface area contributed by atoms with Gasteiger partial charge in [-0.1, -0.05) is 40.0 Å². The first-order valence-electron chi connectivity index (χ1n) is 6.60. The lowest BCUT2D eigenvalue weighted by Crippen LogP contribution is -2.28. The zero-order chi connectivity index (χ0) is 12.1. The maximum Gasteiger partial charge on any atom is 0.577 e. The highest BCUT2D eigenvalue weighted by Gasteiger charge is 2.18. The summed E-state index contributed by atoms with van der Waals surface area (Å²) in [5.41, 5.74) is 0. The number of unbranched alkanes of at least 4 members (excludes halogenated alkanes) is 3. The van der Waals surface area contributed by atoms with E-state index in [9.17, 15) is 0 Å². The minimum absolute atomic E-state index is 0.767. The summed E-state index contributed by atoms with van der Waals surface area (Å²) in [5.74, 6) is 0. The predicted octanol–water partition coefficient (Wildman–Crippen LogP) is 3.42. The molecule has 0 bridgehead atoms. The van der Waals surface area contributed by atoms with Crippen LogP contribution in [-0.2, 0) is 13.3 Å². The summed E-state index contributed by atoms with van der Waals surface area (Å²) in [6.07, 6.45) is 6.71. The van der Waals surface area contributed by atoms with Crippen LogP contribution in [0.2, 0.25) is 0 Å². The van der Waals surface area contributed by atoms with Gasteiger partial charge in [-0.15, -0.1) is 0 Å². The van der Waals surface area contributed by atoms with Crippen LogP contribution >= 0.6 is 0 Å². The molecule has 3 nitrogen and oxygen atoms in total. The van der Waals surface area contributed by atoms with E-state index in [1.54, 1.807) is 0 Å². The molecular weight excluding hydrogens is 220 g/mol. The van der Waals surface area contributed by atoms with Gasteiger partial charge in [0.1, 0.15) is 0 Å². The van der Waals surface area contributed by atoms with Gasteiger partial charge in [0.05, 0.1) is 0 Å². The summed E-state index contributed by atoms with van der Waals surface area (Å²) >= 11 is 0. The molecule has 0 saturated carbocycles. The molecule has 0 rings (SSSR count). The van der Waals surface area contributed by atoms with E-state index in [0.29, 0.717) is 0 Å². The van der Waals surface area contributed by atoms with E-state index >= 15 is 0 Å². The second kappa shape index (κ2) is 13.2.